The van der Waals surface area contributed by atoms with Gasteiger partial charge in [0.15, 0.2) is 0 Å². The molecule has 1 fully saturated rings. The number of ether oxygens (including phenoxy) is 1. The number of amides is 2. The zero-order valence-corrected chi connectivity index (χ0v) is 25.6. The van der Waals surface area contributed by atoms with Crippen LogP contribution in [0.4, 0.5) is 18.9 Å². The fourth-order valence-electron chi connectivity index (χ4n) is 4.31. The number of nitrogens with one attached hydrogen (secondary N) is 2. The molecule has 0 bridgehead atoms. The van der Waals surface area contributed by atoms with Gasteiger partial charge >= 0.3 is 6.18 Å². The van der Waals surface area contributed by atoms with Gasteiger partial charge in [-0.25, -0.2) is 9.31 Å². The number of anilines is 1. The first-order valence-corrected chi connectivity index (χ1v) is 14.8. The van der Waals surface area contributed by atoms with E-state index in [0.29, 0.717) is 37.0 Å². The van der Waals surface area contributed by atoms with Gasteiger partial charge in [-0.2, -0.15) is 18.3 Å². The van der Waals surface area contributed by atoms with E-state index in [1.54, 1.807) is 19.0 Å². The maximum atomic E-state index is 13.4. The van der Waals surface area contributed by atoms with E-state index in [1.165, 1.54) is 5.57 Å². The predicted molar refractivity (Wildman–Crippen MR) is 164 cm³/mol. The van der Waals surface area contributed by atoms with Crippen molar-refractivity contribution in [2.45, 2.75) is 25.9 Å². The van der Waals surface area contributed by atoms with Crippen molar-refractivity contribution in [3.63, 3.8) is 0 Å². The second-order valence-corrected chi connectivity index (χ2v) is 10.3. The highest BCUT2D eigenvalue weighted by atomic mass is 32.2. The molecule has 1 saturated heterocycles. The fourth-order valence-corrected chi connectivity index (χ4v) is 4.84. The summed E-state index contributed by atoms with van der Waals surface area (Å²) in [6, 6.07) is 2.19. The molecule has 0 radical (unpaired) electrons. The molecule has 1 aromatic rings. The van der Waals surface area contributed by atoms with Crippen LogP contribution < -0.4 is 10.6 Å². The van der Waals surface area contributed by atoms with Crippen molar-refractivity contribution >= 4 is 42.9 Å². The normalized spacial score (nSPS) is 16.1. The molecule has 2 amide bonds. The Morgan fingerprint density at radius 1 is 1.21 bits per heavy atom. The number of rotatable bonds is 11. The number of hydrogen-bond donors (Lipinski definition) is 3. The van der Waals surface area contributed by atoms with Crippen LogP contribution >= 0.6 is 11.9 Å². The van der Waals surface area contributed by atoms with Crippen LogP contribution in [-0.4, -0.2) is 110 Å². The first kappa shape index (κ1) is 35.6. The average molecular weight is 628 g/mol. The van der Waals surface area contributed by atoms with Crippen molar-refractivity contribution in [1.82, 2.24) is 19.5 Å². The van der Waals surface area contributed by atoms with Gasteiger partial charge in [-0.1, -0.05) is 24.9 Å². The number of nitrogens with zero attached hydrogens (tertiary/aromatic N) is 5. The third-order valence-electron chi connectivity index (χ3n) is 6.63. The predicted octanol–water partition coefficient (Wildman–Crippen LogP) is 3.56. The molecular formula is C28H40F3N7O4S. The van der Waals surface area contributed by atoms with Crippen LogP contribution in [0.3, 0.4) is 0 Å². The van der Waals surface area contributed by atoms with Gasteiger partial charge in [0.05, 0.1) is 31.0 Å². The van der Waals surface area contributed by atoms with Gasteiger partial charge < -0.3 is 25.4 Å². The zero-order valence-electron chi connectivity index (χ0n) is 24.7. The number of phenolic OH excluding ortho intramolecular Hbond substituents is 1. The van der Waals surface area contributed by atoms with Gasteiger partial charge in [0, 0.05) is 45.6 Å². The maximum absolute atomic E-state index is 13.4. The number of piperazine rings is 1. The van der Waals surface area contributed by atoms with Crippen molar-refractivity contribution in [2.24, 2.45) is 10.1 Å². The minimum atomic E-state index is -4.63. The highest BCUT2D eigenvalue weighted by Crippen LogP contribution is 2.34. The van der Waals surface area contributed by atoms with E-state index >= 15 is 0 Å². The van der Waals surface area contributed by atoms with Crippen LogP contribution in [0.15, 0.2) is 51.3 Å². The summed E-state index contributed by atoms with van der Waals surface area (Å²) in [7, 11) is 1.70. The molecule has 2 aliphatic heterocycles. The molecule has 238 valence electrons. The molecule has 2 aliphatic rings. The highest BCUT2D eigenvalue weighted by Gasteiger charge is 2.32. The summed E-state index contributed by atoms with van der Waals surface area (Å²) in [6.07, 6.45) is 0.998. The van der Waals surface area contributed by atoms with E-state index < -0.39 is 35.8 Å². The molecule has 0 aromatic heterocycles. The van der Waals surface area contributed by atoms with Gasteiger partial charge in [0.1, 0.15) is 18.0 Å². The van der Waals surface area contributed by atoms with E-state index in [2.05, 4.69) is 44.5 Å². The molecular weight excluding hydrogens is 587 g/mol. The van der Waals surface area contributed by atoms with Gasteiger partial charge in [-0.05, 0) is 49.6 Å². The third kappa shape index (κ3) is 10.9. The number of aromatic hydroxyl groups is 1. The molecule has 3 rings (SSSR count). The molecule has 1 aromatic carbocycles. The standard InChI is InChI=1S/C21H29F3N6O3S.C7H11NO/c1-5-15(25-2)19(28-8-10-29(34-4)11-9-28)20(33)30(26-3)13-18(32)27-16-7-6-14(12-17(16)31)21(22,23)24;1-8-6-7-2-4-9-5-3-7/h6-7,12,25,31H,3,5,8-11,13H2,1-2,4H3,(H,27,32);2H,1,3-6H2/b19-15+;. The Kier molecular flexibility index (Phi) is 14.5. The first-order valence-electron chi connectivity index (χ1n) is 13.6. The number of carbonyl (C=O) groups is 2. The Morgan fingerprint density at radius 2 is 1.91 bits per heavy atom. The zero-order chi connectivity index (χ0) is 32.0. The number of hydrogen-bond acceptors (Lipinski definition) is 10. The number of alkyl halides is 3. The van der Waals surface area contributed by atoms with Crippen LogP contribution in [0.2, 0.25) is 0 Å². The van der Waals surface area contributed by atoms with Crippen LogP contribution in [0, 0.1) is 0 Å². The number of phenols is 1. The molecule has 43 heavy (non-hydrogen) atoms. The highest BCUT2D eigenvalue weighted by molar-refractivity contribution is 7.96. The summed E-state index contributed by atoms with van der Waals surface area (Å²) in [6.45, 7) is 13.2. The van der Waals surface area contributed by atoms with Crippen molar-refractivity contribution in [1.29, 1.82) is 0 Å². The topological polar surface area (TPSA) is 122 Å². The SMILES string of the molecule is C=NCC1=CCOCC1.C=NN(CC(=O)Nc1ccc(C(F)(F)F)cc1O)C(=O)/C(=C(/CC)NC)N1CCN(SC)CC1. The fraction of sp³-hybridized carbons (Fsp3) is 0.500. The van der Waals surface area contributed by atoms with E-state index in [0.717, 1.165) is 56.4 Å². The van der Waals surface area contributed by atoms with Crippen molar-refractivity contribution in [3.8, 4) is 5.75 Å². The van der Waals surface area contributed by atoms with Gasteiger partial charge in [0.2, 0.25) is 5.91 Å². The molecule has 3 N–H and O–H groups in total. The maximum Gasteiger partial charge on any atom is 0.416 e. The van der Waals surface area contributed by atoms with Crippen LogP contribution in [0.5, 0.6) is 5.75 Å². The Labute approximate surface area is 254 Å². The second kappa shape index (κ2) is 17.5. The quantitative estimate of drug-likeness (QED) is 0.0851. The second-order valence-electron chi connectivity index (χ2n) is 9.38. The summed E-state index contributed by atoms with van der Waals surface area (Å²) in [5, 5.41) is 19.8. The summed E-state index contributed by atoms with van der Waals surface area (Å²) in [5.74, 6) is -2.04. The average Bonchev–Trinajstić information content (AvgIpc) is 3.00. The molecule has 0 atom stereocenters. The molecule has 0 unspecified atom stereocenters. The van der Waals surface area contributed by atoms with Crippen molar-refractivity contribution in [2.75, 3.05) is 71.1 Å². The lowest BCUT2D eigenvalue weighted by Gasteiger charge is -2.37. The largest absolute Gasteiger partial charge is 0.506 e. The smallest absolute Gasteiger partial charge is 0.416 e. The number of benzene rings is 1. The van der Waals surface area contributed by atoms with Gasteiger partial charge in [0.25, 0.3) is 5.91 Å². The lowest BCUT2D eigenvalue weighted by atomic mass is 10.1. The van der Waals surface area contributed by atoms with Crippen LogP contribution in [0.25, 0.3) is 0 Å². The summed E-state index contributed by atoms with van der Waals surface area (Å²) >= 11 is 1.63. The van der Waals surface area contributed by atoms with Gasteiger partial charge in [-0.3, -0.25) is 14.6 Å². The molecule has 0 saturated carbocycles. The van der Waals surface area contributed by atoms with Crippen LogP contribution in [0.1, 0.15) is 25.3 Å². The van der Waals surface area contributed by atoms with Crippen LogP contribution in [-0.2, 0) is 20.5 Å². The van der Waals surface area contributed by atoms with E-state index in [-0.39, 0.29) is 5.69 Å². The van der Waals surface area contributed by atoms with Crippen molar-refractivity contribution < 1.29 is 32.6 Å². The van der Waals surface area contributed by atoms with Crippen molar-refractivity contribution in [3.05, 3.63) is 46.8 Å². The lowest BCUT2D eigenvalue weighted by Crippen LogP contribution is -2.48. The Morgan fingerprint density at radius 3 is 2.40 bits per heavy atom. The summed E-state index contributed by atoms with van der Waals surface area (Å²) < 4.78 is 45.6. The number of carbonyl (C=O) groups excluding carboxylic acids is 2. The third-order valence-corrected chi connectivity index (χ3v) is 7.51. The van der Waals surface area contributed by atoms with Gasteiger partial charge in [-0.15, -0.1) is 0 Å². The van der Waals surface area contributed by atoms with E-state index in [4.69, 9.17) is 4.74 Å². The summed E-state index contributed by atoms with van der Waals surface area (Å²) in [5.41, 5.74) is 1.14. The number of halogens is 3. The minimum Gasteiger partial charge on any atom is -0.506 e. The Hall–Kier alpha value is -3.56. The Bertz CT molecular complexity index is 1180. The molecule has 0 aliphatic carbocycles. The molecule has 2 heterocycles. The Balaban J connectivity index is 0.000000609. The van der Waals surface area contributed by atoms with E-state index in [1.807, 2.05) is 18.1 Å². The molecule has 15 heteroatoms. The molecule has 0 spiro atoms. The first-order chi connectivity index (χ1) is 20.5. The minimum absolute atomic E-state index is 0.220. The van der Waals surface area contributed by atoms with E-state index in [9.17, 15) is 27.9 Å². The monoisotopic (exact) mass is 627 g/mol. The number of hydrazone groups is 1. The summed E-state index contributed by atoms with van der Waals surface area (Å²) in [4.78, 5) is 31.6. The number of allylic oxidation sites excluding steroid dienone is 1. The lowest BCUT2D eigenvalue weighted by molar-refractivity contribution is -0.137. The number of aliphatic imine (C=N–C) groups is 1. The molecule has 11 nitrogen and oxygen atoms in total.